The molecule has 0 aliphatic heterocycles. The zero-order chi connectivity index (χ0) is 15.5. The van der Waals surface area contributed by atoms with Crippen LogP contribution in [0.2, 0.25) is 0 Å². The Labute approximate surface area is 131 Å². The zero-order valence-electron chi connectivity index (χ0n) is 12.0. The molecule has 0 N–H and O–H groups in total. The third kappa shape index (κ3) is 2.80. The first-order valence-electron chi connectivity index (χ1n) is 6.96. The normalized spacial score (nSPS) is 10.6. The Kier molecular flexibility index (Phi) is 3.28. The van der Waals surface area contributed by atoms with Gasteiger partial charge in [-0.25, -0.2) is 0 Å². The predicted molar refractivity (Wildman–Crippen MR) is 82.8 cm³/mol. The molecule has 7 nitrogen and oxygen atoms in total. The van der Waals surface area contributed by atoms with Crippen LogP contribution in [0.1, 0.15) is 0 Å². The zero-order valence-corrected chi connectivity index (χ0v) is 12.0. The summed E-state index contributed by atoms with van der Waals surface area (Å²) in [5.41, 5.74) is 1.95. The van der Waals surface area contributed by atoms with E-state index in [0.717, 1.165) is 22.9 Å². The van der Waals surface area contributed by atoms with E-state index in [2.05, 4.69) is 20.4 Å². The van der Waals surface area contributed by atoms with Crippen LogP contribution in [-0.4, -0.2) is 29.5 Å². The van der Waals surface area contributed by atoms with Crippen molar-refractivity contribution in [2.45, 2.75) is 0 Å². The summed E-state index contributed by atoms with van der Waals surface area (Å²) in [6.07, 6.45) is 6.61. The Morgan fingerprint density at radius 1 is 0.522 bits per heavy atom. The lowest BCUT2D eigenvalue weighted by atomic mass is 10.3. The molecule has 2 aromatic carbocycles. The van der Waals surface area contributed by atoms with E-state index in [-0.39, 0.29) is 0 Å². The smallest absolute Gasteiger partial charge is 0.127 e. The molecule has 4 aromatic rings. The first kappa shape index (κ1) is 13.2. The second-order valence-corrected chi connectivity index (χ2v) is 4.83. The Hall–Kier alpha value is -3.48. The fraction of sp³-hybridized carbons (Fsp3) is 0. The van der Waals surface area contributed by atoms with E-state index in [1.54, 1.807) is 25.3 Å². The van der Waals surface area contributed by atoms with E-state index in [1.807, 2.05) is 57.7 Å². The SMILES string of the molecule is c1cc(-n2cnnc2)ccc1Oc1ccc(-n2cnnc2)cc1. The second kappa shape index (κ2) is 5.72. The highest BCUT2D eigenvalue weighted by Gasteiger charge is 2.01. The minimum absolute atomic E-state index is 0.763. The minimum Gasteiger partial charge on any atom is -0.457 e. The monoisotopic (exact) mass is 304 g/mol. The van der Waals surface area contributed by atoms with Gasteiger partial charge >= 0.3 is 0 Å². The fourth-order valence-corrected chi connectivity index (χ4v) is 2.18. The number of hydrogen-bond acceptors (Lipinski definition) is 5. The van der Waals surface area contributed by atoms with Crippen molar-refractivity contribution in [3.8, 4) is 22.9 Å². The summed E-state index contributed by atoms with van der Waals surface area (Å²) in [6, 6.07) is 15.4. The standard InChI is InChI=1S/C16H12N6O/c1-5-15(6-2-13(1)21-9-17-18-10-21)23-16-7-3-14(4-8-16)22-11-19-20-12-22/h1-12H. The first-order valence-corrected chi connectivity index (χ1v) is 6.96. The summed E-state index contributed by atoms with van der Waals surface area (Å²) in [4.78, 5) is 0. The molecule has 112 valence electrons. The van der Waals surface area contributed by atoms with Crippen LogP contribution >= 0.6 is 0 Å². The van der Waals surface area contributed by atoms with Crippen LogP contribution in [0.25, 0.3) is 11.4 Å². The lowest BCUT2D eigenvalue weighted by Gasteiger charge is -2.08. The maximum Gasteiger partial charge on any atom is 0.127 e. The molecular weight excluding hydrogens is 292 g/mol. The summed E-state index contributed by atoms with van der Waals surface area (Å²) >= 11 is 0. The van der Waals surface area contributed by atoms with Gasteiger partial charge in [0, 0.05) is 11.4 Å². The van der Waals surface area contributed by atoms with Crippen molar-refractivity contribution < 1.29 is 4.74 Å². The van der Waals surface area contributed by atoms with Gasteiger partial charge in [-0.1, -0.05) is 0 Å². The van der Waals surface area contributed by atoms with Gasteiger partial charge in [0.2, 0.25) is 0 Å². The lowest BCUT2D eigenvalue weighted by Crippen LogP contribution is -1.91. The first-order chi connectivity index (χ1) is 11.4. The maximum atomic E-state index is 5.84. The predicted octanol–water partition coefficient (Wildman–Crippen LogP) is 2.64. The van der Waals surface area contributed by atoms with Crippen LogP contribution in [-0.2, 0) is 0 Å². The van der Waals surface area contributed by atoms with Gasteiger partial charge in [-0.2, -0.15) is 0 Å². The molecule has 23 heavy (non-hydrogen) atoms. The van der Waals surface area contributed by atoms with Gasteiger partial charge in [0.15, 0.2) is 0 Å². The Bertz CT molecular complexity index is 792. The molecule has 0 bridgehead atoms. The van der Waals surface area contributed by atoms with Crippen molar-refractivity contribution in [1.82, 2.24) is 29.5 Å². The van der Waals surface area contributed by atoms with Crippen molar-refractivity contribution in [3.63, 3.8) is 0 Å². The molecular formula is C16H12N6O. The van der Waals surface area contributed by atoms with Crippen molar-refractivity contribution in [2.24, 2.45) is 0 Å². The molecule has 0 fully saturated rings. The highest BCUT2D eigenvalue weighted by Crippen LogP contribution is 2.23. The lowest BCUT2D eigenvalue weighted by molar-refractivity contribution is 0.482. The highest BCUT2D eigenvalue weighted by molar-refractivity contribution is 5.41. The Morgan fingerprint density at radius 2 is 0.870 bits per heavy atom. The molecule has 0 radical (unpaired) electrons. The molecule has 0 aliphatic carbocycles. The van der Waals surface area contributed by atoms with E-state index in [1.165, 1.54) is 0 Å². The number of rotatable bonds is 4. The number of nitrogens with zero attached hydrogens (tertiary/aromatic N) is 6. The van der Waals surface area contributed by atoms with Crippen molar-refractivity contribution >= 4 is 0 Å². The third-order valence-electron chi connectivity index (χ3n) is 3.34. The van der Waals surface area contributed by atoms with Gasteiger partial charge in [-0.05, 0) is 48.5 Å². The average molecular weight is 304 g/mol. The van der Waals surface area contributed by atoms with Crippen LogP contribution in [0.15, 0.2) is 73.8 Å². The van der Waals surface area contributed by atoms with E-state index >= 15 is 0 Å². The minimum atomic E-state index is 0.763. The van der Waals surface area contributed by atoms with Gasteiger partial charge < -0.3 is 4.74 Å². The molecule has 0 spiro atoms. The molecule has 2 aromatic heterocycles. The Morgan fingerprint density at radius 3 is 1.22 bits per heavy atom. The molecule has 0 atom stereocenters. The molecule has 0 amide bonds. The molecule has 4 rings (SSSR count). The summed E-state index contributed by atoms with van der Waals surface area (Å²) < 4.78 is 9.50. The molecule has 0 unspecified atom stereocenters. The quantitative estimate of drug-likeness (QED) is 0.579. The van der Waals surface area contributed by atoms with Gasteiger partial charge in [0.1, 0.15) is 36.8 Å². The average Bonchev–Trinajstić information content (AvgIpc) is 3.30. The number of aromatic nitrogens is 6. The van der Waals surface area contributed by atoms with Crippen molar-refractivity contribution in [1.29, 1.82) is 0 Å². The highest BCUT2D eigenvalue weighted by atomic mass is 16.5. The van der Waals surface area contributed by atoms with Crippen LogP contribution in [0.4, 0.5) is 0 Å². The van der Waals surface area contributed by atoms with Gasteiger partial charge in [0.25, 0.3) is 0 Å². The summed E-state index contributed by atoms with van der Waals surface area (Å²) in [5.74, 6) is 1.53. The van der Waals surface area contributed by atoms with Crippen molar-refractivity contribution in [2.75, 3.05) is 0 Å². The van der Waals surface area contributed by atoms with Gasteiger partial charge in [0.05, 0.1) is 0 Å². The fourth-order valence-electron chi connectivity index (χ4n) is 2.18. The molecule has 0 saturated carbocycles. The van der Waals surface area contributed by atoms with Crippen LogP contribution in [0, 0.1) is 0 Å². The summed E-state index contributed by atoms with van der Waals surface area (Å²) in [5, 5.41) is 15.2. The molecule has 0 aliphatic rings. The molecule has 7 heteroatoms. The van der Waals surface area contributed by atoms with E-state index < -0.39 is 0 Å². The molecule has 2 heterocycles. The van der Waals surface area contributed by atoms with E-state index in [9.17, 15) is 0 Å². The second-order valence-electron chi connectivity index (χ2n) is 4.83. The van der Waals surface area contributed by atoms with Crippen LogP contribution < -0.4 is 4.74 Å². The largest absolute Gasteiger partial charge is 0.457 e. The van der Waals surface area contributed by atoms with Crippen molar-refractivity contribution in [3.05, 3.63) is 73.8 Å². The third-order valence-corrected chi connectivity index (χ3v) is 3.34. The molecule has 0 saturated heterocycles. The van der Waals surface area contributed by atoms with E-state index in [0.29, 0.717) is 0 Å². The summed E-state index contributed by atoms with van der Waals surface area (Å²) in [7, 11) is 0. The maximum absolute atomic E-state index is 5.84. The summed E-state index contributed by atoms with van der Waals surface area (Å²) in [6.45, 7) is 0. The number of benzene rings is 2. The van der Waals surface area contributed by atoms with Gasteiger partial charge in [-0.3, -0.25) is 9.13 Å². The Balaban J connectivity index is 1.49. The number of ether oxygens (including phenoxy) is 1. The van der Waals surface area contributed by atoms with Crippen LogP contribution in [0.5, 0.6) is 11.5 Å². The van der Waals surface area contributed by atoms with Gasteiger partial charge in [-0.15, -0.1) is 20.4 Å². The number of hydrogen-bond donors (Lipinski definition) is 0. The van der Waals surface area contributed by atoms with E-state index in [4.69, 9.17) is 4.74 Å². The van der Waals surface area contributed by atoms with Crippen LogP contribution in [0.3, 0.4) is 0 Å². The topological polar surface area (TPSA) is 70.7 Å².